The maximum absolute atomic E-state index is 13.3. The molecule has 0 spiro atoms. The second-order valence-corrected chi connectivity index (χ2v) is 5.50. The molecule has 0 radical (unpaired) electrons. The van der Waals surface area contributed by atoms with Gasteiger partial charge in [0, 0.05) is 17.4 Å². The highest BCUT2D eigenvalue weighted by Crippen LogP contribution is 2.22. The molecule has 1 atom stereocenters. The zero-order chi connectivity index (χ0) is 19.4. The minimum absolute atomic E-state index is 0.000989. The summed E-state index contributed by atoms with van der Waals surface area (Å²) < 4.78 is 18.4. The van der Waals surface area contributed by atoms with Crippen LogP contribution in [-0.2, 0) is 9.53 Å². The Balaban J connectivity index is 2.08. The Bertz CT molecular complexity index is 885. The number of rotatable bonds is 5. The minimum atomic E-state index is -1.20. The van der Waals surface area contributed by atoms with Crippen molar-refractivity contribution in [3.63, 3.8) is 0 Å². The van der Waals surface area contributed by atoms with E-state index in [1.807, 2.05) is 0 Å². The highest BCUT2D eigenvalue weighted by molar-refractivity contribution is 5.99. The number of aryl methyl sites for hydroxylation is 1. The van der Waals surface area contributed by atoms with E-state index in [-0.39, 0.29) is 16.9 Å². The Morgan fingerprint density at radius 1 is 1.31 bits per heavy atom. The number of esters is 1. The van der Waals surface area contributed by atoms with Gasteiger partial charge in [0.2, 0.25) is 5.82 Å². The van der Waals surface area contributed by atoms with Crippen LogP contribution < -0.4 is 11.1 Å². The Morgan fingerprint density at radius 3 is 2.65 bits per heavy atom. The van der Waals surface area contributed by atoms with Crippen LogP contribution in [0.2, 0.25) is 0 Å². The van der Waals surface area contributed by atoms with Crippen molar-refractivity contribution in [3.8, 4) is 0 Å². The van der Waals surface area contributed by atoms with Crippen LogP contribution in [0, 0.1) is 22.9 Å². The monoisotopic (exact) mass is 361 g/mol. The molecule has 0 aliphatic rings. The molecule has 0 unspecified atom stereocenters. The molecule has 2 aromatic rings. The first-order valence-corrected chi connectivity index (χ1v) is 7.51. The van der Waals surface area contributed by atoms with Crippen molar-refractivity contribution in [1.29, 1.82) is 0 Å². The van der Waals surface area contributed by atoms with Crippen LogP contribution in [0.4, 0.5) is 21.5 Å². The molecular weight excluding hydrogens is 345 g/mol. The van der Waals surface area contributed by atoms with Crippen molar-refractivity contribution in [3.05, 3.63) is 63.5 Å². The van der Waals surface area contributed by atoms with Gasteiger partial charge in [-0.2, -0.15) is 4.39 Å². The lowest BCUT2D eigenvalue weighted by molar-refractivity contribution is -0.387. The van der Waals surface area contributed by atoms with Gasteiger partial charge in [-0.1, -0.05) is 12.1 Å². The number of nitrogens with one attached hydrogen (secondary N) is 1. The average molecular weight is 361 g/mol. The van der Waals surface area contributed by atoms with E-state index in [1.54, 1.807) is 19.1 Å². The summed E-state index contributed by atoms with van der Waals surface area (Å²) in [5.74, 6) is -2.54. The van der Waals surface area contributed by atoms with Gasteiger partial charge >= 0.3 is 11.7 Å². The maximum atomic E-state index is 13.3. The van der Waals surface area contributed by atoms with E-state index in [2.05, 4.69) is 5.32 Å². The molecule has 0 fully saturated rings. The van der Waals surface area contributed by atoms with Gasteiger partial charge in [0.15, 0.2) is 6.10 Å². The third-order valence-corrected chi connectivity index (χ3v) is 3.61. The molecule has 2 aromatic carbocycles. The van der Waals surface area contributed by atoms with Crippen molar-refractivity contribution in [2.24, 2.45) is 0 Å². The molecule has 0 heterocycles. The van der Waals surface area contributed by atoms with Gasteiger partial charge < -0.3 is 15.8 Å². The summed E-state index contributed by atoms with van der Waals surface area (Å²) in [4.78, 5) is 34.1. The molecule has 26 heavy (non-hydrogen) atoms. The molecule has 0 saturated carbocycles. The van der Waals surface area contributed by atoms with Crippen LogP contribution in [0.3, 0.4) is 0 Å². The lowest BCUT2D eigenvalue weighted by atomic mass is 10.1. The number of nitrogens with zero attached hydrogens (tertiary/aromatic N) is 1. The quantitative estimate of drug-likeness (QED) is 0.365. The van der Waals surface area contributed by atoms with E-state index in [9.17, 15) is 24.1 Å². The molecule has 0 saturated heterocycles. The molecule has 3 N–H and O–H groups in total. The summed E-state index contributed by atoms with van der Waals surface area (Å²) in [5.41, 5.74) is 6.11. The number of carbonyl (C=O) groups is 2. The summed E-state index contributed by atoms with van der Waals surface area (Å²) in [6, 6.07) is 7.72. The molecular formula is C17H16FN3O5. The number of amides is 1. The number of para-hydroxylation sites is 1. The number of benzene rings is 2. The van der Waals surface area contributed by atoms with Crippen LogP contribution >= 0.6 is 0 Å². The molecule has 136 valence electrons. The van der Waals surface area contributed by atoms with Crippen LogP contribution in [0.15, 0.2) is 36.4 Å². The van der Waals surface area contributed by atoms with E-state index in [0.717, 1.165) is 18.2 Å². The van der Waals surface area contributed by atoms with Gasteiger partial charge in [-0.25, -0.2) is 4.79 Å². The lowest BCUT2D eigenvalue weighted by Crippen LogP contribution is -2.30. The molecule has 0 aromatic heterocycles. The van der Waals surface area contributed by atoms with Gasteiger partial charge in [0.1, 0.15) is 0 Å². The molecule has 0 aliphatic heterocycles. The van der Waals surface area contributed by atoms with Crippen molar-refractivity contribution < 1.29 is 23.6 Å². The van der Waals surface area contributed by atoms with Crippen LogP contribution in [0.5, 0.6) is 0 Å². The summed E-state index contributed by atoms with van der Waals surface area (Å²) >= 11 is 0. The van der Waals surface area contributed by atoms with Crippen LogP contribution in [0.25, 0.3) is 0 Å². The SMILES string of the molecule is Cc1cccc(C(=O)O[C@H](C)C(=O)Nc2ccc(F)c([N+](=O)[O-])c2)c1N. The fourth-order valence-electron chi connectivity index (χ4n) is 2.11. The predicted molar refractivity (Wildman–Crippen MR) is 92.2 cm³/mol. The van der Waals surface area contributed by atoms with E-state index in [1.165, 1.54) is 13.0 Å². The fraction of sp³-hybridized carbons (Fsp3) is 0.176. The van der Waals surface area contributed by atoms with Gasteiger partial charge in [-0.3, -0.25) is 14.9 Å². The number of anilines is 2. The van der Waals surface area contributed by atoms with E-state index in [0.29, 0.717) is 5.56 Å². The summed E-state index contributed by atoms with van der Waals surface area (Å²) in [5, 5.41) is 13.1. The fourth-order valence-corrected chi connectivity index (χ4v) is 2.11. The third kappa shape index (κ3) is 4.12. The van der Waals surface area contributed by atoms with Crippen molar-refractivity contribution in [2.75, 3.05) is 11.1 Å². The van der Waals surface area contributed by atoms with Gasteiger partial charge in [0.25, 0.3) is 5.91 Å². The van der Waals surface area contributed by atoms with Gasteiger partial charge in [0.05, 0.1) is 10.5 Å². The number of carbonyl (C=O) groups excluding carboxylic acids is 2. The third-order valence-electron chi connectivity index (χ3n) is 3.61. The van der Waals surface area contributed by atoms with E-state index in [4.69, 9.17) is 10.5 Å². The number of nitrogen functional groups attached to an aromatic ring is 1. The highest BCUT2D eigenvalue weighted by Gasteiger charge is 2.22. The summed E-state index contributed by atoms with van der Waals surface area (Å²) in [7, 11) is 0. The number of hydrogen-bond donors (Lipinski definition) is 2. The van der Waals surface area contributed by atoms with Crippen LogP contribution in [-0.4, -0.2) is 22.9 Å². The Hall–Kier alpha value is -3.49. The molecule has 2 rings (SSSR count). The lowest BCUT2D eigenvalue weighted by Gasteiger charge is -2.15. The van der Waals surface area contributed by atoms with Gasteiger partial charge in [-0.15, -0.1) is 0 Å². The van der Waals surface area contributed by atoms with Gasteiger partial charge in [-0.05, 0) is 37.6 Å². The first kappa shape index (κ1) is 18.8. The Morgan fingerprint density at radius 2 is 2.00 bits per heavy atom. The number of ether oxygens (including phenoxy) is 1. The topological polar surface area (TPSA) is 125 Å². The second-order valence-electron chi connectivity index (χ2n) is 5.50. The zero-order valence-corrected chi connectivity index (χ0v) is 14.0. The summed E-state index contributed by atoms with van der Waals surface area (Å²) in [6.45, 7) is 3.06. The second kappa shape index (κ2) is 7.60. The van der Waals surface area contributed by atoms with Crippen molar-refractivity contribution >= 4 is 28.9 Å². The molecule has 8 nitrogen and oxygen atoms in total. The minimum Gasteiger partial charge on any atom is -0.449 e. The van der Waals surface area contributed by atoms with Crippen molar-refractivity contribution in [1.82, 2.24) is 0 Å². The first-order valence-electron chi connectivity index (χ1n) is 7.51. The number of nitro groups is 1. The molecule has 9 heteroatoms. The van der Waals surface area contributed by atoms with Crippen molar-refractivity contribution in [2.45, 2.75) is 20.0 Å². The molecule has 1 amide bonds. The zero-order valence-electron chi connectivity index (χ0n) is 14.0. The largest absolute Gasteiger partial charge is 0.449 e. The maximum Gasteiger partial charge on any atom is 0.341 e. The summed E-state index contributed by atoms with van der Waals surface area (Å²) in [6.07, 6.45) is -1.20. The number of hydrogen-bond acceptors (Lipinski definition) is 6. The number of nitro benzene ring substituents is 1. The molecule has 0 bridgehead atoms. The normalized spacial score (nSPS) is 11.5. The Labute approximate surface area is 147 Å². The number of halogens is 1. The van der Waals surface area contributed by atoms with E-state index >= 15 is 0 Å². The smallest absolute Gasteiger partial charge is 0.341 e. The van der Waals surface area contributed by atoms with Crippen LogP contribution in [0.1, 0.15) is 22.8 Å². The average Bonchev–Trinajstić information content (AvgIpc) is 2.58. The Kier molecular flexibility index (Phi) is 5.51. The standard InChI is InChI=1S/C17H16FN3O5/c1-9-4-3-5-12(15(9)19)17(23)26-10(2)16(22)20-11-6-7-13(18)14(8-11)21(24)25/h3-8,10H,19H2,1-2H3,(H,20,22)/t10-/m1/s1. The molecule has 0 aliphatic carbocycles. The van der Waals surface area contributed by atoms with E-state index < -0.39 is 34.4 Å². The highest BCUT2D eigenvalue weighted by atomic mass is 19.1. The predicted octanol–water partition coefficient (Wildman–Crippen LogP) is 2.81. The number of nitrogens with two attached hydrogens (primary N) is 1. The first-order chi connectivity index (χ1) is 12.2.